The molecular weight excluding hydrogens is 326 g/mol. The molecule has 0 spiro atoms. The van der Waals surface area contributed by atoms with Gasteiger partial charge >= 0.3 is 5.97 Å². The second-order valence-electron chi connectivity index (χ2n) is 4.88. The number of halogens is 1. The van der Waals surface area contributed by atoms with Crippen molar-refractivity contribution in [3.63, 3.8) is 0 Å². The maximum Gasteiger partial charge on any atom is 0.326 e. The van der Waals surface area contributed by atoms with E-state index in [1.807, 2.05) is 0 Å². The van der Waals surface area contributed by atoms with Crippen molar-refractivity contribution in [2.45, 2.75) is 25.3 Å². The van der Waals surface area contributed by atoms with Gasteiger partial charge in [-0.15, -0.1) is 0 Å². The van der Waals surface area contributed by atoms with E-state index >= 15 is 0 Å². The van der Waals surface area contributed by atoms with Gasteiger partial charge in [0.1, 0.15) is 11.8 Å². The molecule has 108 valence electrons. The summed E-state index contributed by atoms with van der Waals surface area (Å²) in [6.07, 6.45) is 2.60. The van der Waals surface area contributed by atoms with E-state index in [1.165, 1.54) is 0 Å². The Labute approximate surface area is 125 Å². The highest BCUT2D eigenvalue weighted by Crippen LogP contribution is 2.33. The monoisotopic (exact) mass is 341 g/mol. The van der Waals surface area contributed by atoms with Crippen molar-refractivity contribution >= 4 is 27.8 Å². The zero-order chi connectivity index (χ0) is 14.5. The summed E-state index contributed by atoms with van der Waals surface area (Å²) >= 11 is 3.30. The maximum absolute atomic E-state index is 11.7. The Morgan fingerprint density at radius 3 is 2.55 bits per heavy atom. The summed E-state index contributed by atoms with van der Waals surface area (Å²) in [4.78, 5) is 22.7. The minimum absolute atomic E-state index is 0.184. The van der Waals surface area contributed by atoms with Crippen LogP contribution in [0.3, 0.4) is 0 Å². The molecule has 1 aromatic carbocycles. The topological polar surface area (TPSA) is 75.6 Å². The number of aliphatic carboxylic acids is 1. The highest BCUT2D eigenvalue weighted by Gasteiger charge is 2.30. The lowest BCUT2D eigenvalue weighted by Gasteiger charge is -2.14. The first-order valence-electron chi connectivity index (χ1n) is 6.45. The molecule has 0 aromatic heterocycles. The number of amides is 1. The standard InChI is InChI=1S/C14H16BrNO4/c15-10-3-5-11(6-4-10)20-8-13(17)16-12(14(18)19)7-9-1-2-9/h3-6,9,12H,1-2,7-8H2,(H,16,17)(H,18,19). The van der Waals surface area contributed by atoms with Crippen LogP contribution in [0, 0.1) is 5.92 Å². The van der Waals surface area contributed by atoms with Crippen molar-refractivity contribution < 1.29 is 19.4 Å². The average molecular weight is 342 g/mol. The zero-order valence-corrected chi connectivity index (χ0v) is 12.4. The van der Waals surface area contributed by atoms with E-state index in [4.69, 9.17) is 9.84 Å². The molecule has 0 aliphatic heterocycles. The molecule has 2 rings (SSSR count). The van der Waals surface area contributed by atoms with Gasteiger partial charge in [0.15, 0.2) is 6.61 Å². The number of carboxylic acid groups (broad SMARTS) is 1. The first-order chi connectivity index (χ1) is 9.54. The van der Waals surface area contributed by atoms with Gasteiger partial charge in [0.05, 0.1) is 0 Å². The molecule has 1 aromatic rings. The van der Waals surface area contributed by atoms with Crippen molar-refractivity contribution in [2.24, 2.45) is 5.92 Å². The van der Waals surface area contributed by atoms with Gasteiger partial charge < -0.3 is 15.2 Å². The van der Waals surface area contributed by atoms with Crippen LogP contribution in [0.15, 0.2) is 28.7 Å². The summed E-state index contributed by atoms with van der Waals surface area (Å²) in [5.74, 6) is -0.406. The summed E-state index contributed by atoms with van der Waals surface area (Å²) in [5.41, 5.74) is 0. The summed E-state index contributed by atoms with van der Waals surface area (Å²) in [7, 11) is 0. The van der Waals surface area contributed by atoms with E-state index in [2.05, 4.69) is 21.2 Å². The number of ether oxygens (including phenoxy) is 1. The molecule has 1 aliphatic carbocycles. The highest BCUT2D eigenvalue weighted by atomic mass is 79.9. The van der Waals surface area contributed by atoms with E-state index in [9.17, 15) is 9.59 Å². The van der Waals surface area contributed by atoms with Crippen LogP contribution in [-0.4, -0.2) is 29.6 Å². The molecule has 2 N–H and O–H groups in total. The first kappa shape index (κ1) is 14.8. The van der Waals surface area contributed by atoms with Crippen molar-refractivity contribution in [1.29, 1.82) is 0 Å². The van der Waals surface area contributed by atoms with Gasteiger partial charge in [-0.2, -0.15) is 0 Å². The molecule has 6 heteroatoms. The van der Waals surface area contributed by atoms with Gasteiger partial charge in [-0.1, -0.05) is 28.8 Å². The lowest BCUT2D eigenvalue weighted by molar-refractivity contribution is -0.142. The second kappa shape index (κ2) is 6.74. The van der Waals surface area contributed by atoms with Crippen LogP contribution in [0.2, 0.25) is 0 Å². The van der Waals surface area contributed by atoms with E-state index in [-0.39, 0.29) is 6.61 Å². The Kier molecular flexibility index (Phi) is 5.00. The summed E-state index contributed by atoms with van der Waals surface area (Å²) in [6, 6.07) is 6.26. The zero-order valence-electron chi connectivity index (χ0n) is 10.8. The normalized spacial score (nSPS) is 15.4. The predicted octanol–water partition coefficient (Wildman–Crippen LogP) is 2.20. The van der Waals surface area contributed by atoms with E-state index in [1.54, 1.807) is 24.3 Å². The van der Waals surface area contributed by atoms with E-state index < -0.39 is 17.9 Å². The van der Waals surface area contributed by atoms with Crippen LogP contribution in [-0.2, 0) is 9.59 Å². The van der Waals surface area contributed by atoms with Crippen LogP contribution in [0.1, 0.15) is 19.3 Å². The molecule has 1 fully saturated rings. The second-order valence-corrected chi connectivity index (χ2v) is 5.80. The first-order valence-corrected chi connectivity index (χ1v) is 7.24. The number of carbonyl (C=O) groups is 2. The van der Waals surface area contributed by atoms with Gasteiger partial charge in [0, 0.05) is 4.47 Å². The van der Waals surface area contributed by atoms with Gasteiger partial charge in [-0.25, -0.2) is 4.79 Å². The van der Waals surface area contributed by atoms with E-state index in [0.29, 0.717) is 18.1 Å². The molecule has 20 heavy (non-hydrogen) atoms. The van der Waals surface area contributed by atoms with Gasteiger partial charge in [0.25, 0.3) is 5.91 Å². The molecule has 5 nitrogen and oxygen atoms in total. The third kappa shape index (κ3) is 4.85. The van der Waals surface area contributed by atoms with Gasteiger partial charge in [0.2, 0.25) is 0 Å². The Morgan fingerprint density at radius 2 is 2.00 bits per heavy atom. The SMILES string of the molecule is O=C(COc1ccc(Br)cc1)NC(CC1CC1)C(=O)O. The van der Waals surface area contributed by atoms with Crippen LogP contribution < -0.4 is 10.1 Å². The number of carbonyl (C=O) groups excluding carboxylic acids is 1. The van der Waals surface area contributed by atoms with E-state index in [0.717, 1.165) is 17.3 Å². The minimum Gasteiger partial charge on any atom is -0.484 e. The summed E-state index contributed by atoms with van der Waals surface area (Å²) < 4.78 is 6.22. The van der Waals surface area contributed by atoms with Gasteiger partial charge in [-0.3, -0.25) is 4.79 Å². The molecule has 1 amide bonds. The Hall–Kier alpha value is -1.56. The van der Waals surface area contributed by atoms with Crippen molar-refractivity contribution in [3.8, 4) is 5.75 Å². The Balaban J connectivity index is 1.78. The number of nitrogens with one attached hydrogen (secondary N) is 1. The number of rotatable bonds is 7. The molecule has 0 bridgehead atoms. The van der Waals surface area contributed by atoms with Gasteiger partial charge in [-0.05, 0) is 36.6 Å². The quantitative estimate of drug-likeness (QED) is 0.797. The molecule has 0 radical (unpaired) electrons. The molecule has 1 saturated carbocycles. The summed E-state index contributed by atoms with van der Waals surface area (Å²) in [5, 5.41) is 11.6. The van der Waals surface area contributed by atoms with Crippen LogP contribution >= 0.6 is 15.9 Å². The van der Waals surface area contributed by atoms with Crippen molar-refractivity contribution in [3.05, 3.63) is 28.7 Å². The van der Waals surface area contributed by atoms with Crippen molar-refractivity contribution in [1.82, 2.24) is 5.32 Å². The maximum atomic E-state index is 11.7. The number of benzene rings is 1. The molecule has 1 unspecified atom stereocenters. The smallest absolute Gasteiger partial charge is 0.326 e. The third-order valence-electron chi connectivity index (χ3n) is 3.08. The van der Waals surface area contributed by atoms with Crippen molar-refractivity contribution in [2.75, 3.05) is 6.61 Å². The molecular formula is C14H16BrNO4. The fourth-order valence-electron chi connectivity index (χ4n) is 1.82. The largest absolute Gasteiger partial charge is 0.484 e. The molecule has 1 aliphatic rings. The third-order valence-corrected chi connectivity index (χ3v) is 3.61. The Bertz CT molecular complexity index is 484. The van der Waals surface area contributed by atoms with Crippen LogP contribution in [0.5, 0.6) is 5.75 Å². The average Bonchev–Trinajstić information content (AvgIpc) is 3.21. The fraction of sp³-hybridized carbons (Fsp3) is 0.429. The summed E-state index contributed by atoms with van der Waals surface area (Å²) in [6.45, 7) is -0.184. The lowest BCUT2D eigenvalue weighted by Crippen LogP contribution is -2.43. The molecule has 1 atom stereocenters. The highest BCUT2D eigenvalue weighted by molar-refractivity contribution is 9.10. The predicted molar refractivity (Wildman–Crippen MR) is 76.5 cm³/mol. The van der Waals surface area contributed by atoms with Crippen LogP contribution in [0.25, 0.3) is 0 Å². The fourth-order valence-corrected chi connectivity index (χ4v) is 2.09. The Morgan fingerprint density at radius 1 is 1.35 bits per heavy atom. The molecule has 0 saturated heterocycles. The lowest BCUT2D eigenvalue weighted by atomic mass is 10.1. The molecule has 0 heterocycles. The number of carboxylic acids is 1. The van der Waals surface area contributed by atoms with Crippen LogP contribution in [0.4, 0.5) is 0 Å². The number of hydrogen-bond acceptors (Lipinski definition) is 3. The minimum atomic E-state index is -0.992. The number of hydrogen-bond donors (Lipinski definition) is 2.